The largest absolute Gasteiger partial charge is 0.332 e. The van der Waals surface area contributed by atoms with Crippen LogP contribution in [0.25, 0.3) is 0 Å². The number of imide groups is 1. The van der Waals surface area contributed by atoms with E-state index in [2.05, 4.69) is 20.1 Å². The molecule has 2 fully saturated rings. The molecule has 4 amide bonds. The molecule has 0 spiro atoms. The Balaban J connectivity index is 1.44. The zero-order valence-corrected chi connectivity index (χ0v) is 16.6. The first-order chi connectivity index (χ1) is 13.4. The second kappa shape index (κ2) is 7.18. The van der Waals surface area contributed by atoms with E-state index < -0.39 is 11.6 Å². The molecule has 0 aromatic carbocycles. The number of fused-ring (bicyclic) bond motifs is 1. The highest BCUT2D eigenvalue weighted by Crippen LogP contribution is 2.33. The second-order valence-electron chi connectivity index (χ2n) is 8.44. The zero-order valence-electron chi connectivity index (χ0n) is 16.6. The van der Waals surface area contributed by atoms with Crippen LogP contribution in [0.1, 0.15) is 70.1 Å². The third-order valence-electron chi connectivity index (χ3n) is 6.00. The summed E-state index contributed by atoms with van der Waals surface area (Å²) < 4.78 is 2.20. The van der Waals surface area contributed by atoms with Crippen LogP contribution in [0.5, 0.6) is 0 Å². The lowest BCUT2D eigenvalue weighted by atomic mass is 10.1. The Morgan fingerprint density at radius 3 is 2.71 bits per heavy atom. The van der Waals surface area contributed by atoms with E-state index >= 15 is 0 Å². The monoisotopic (exact) mass is 388 g/mol. The lowest BCUT2D eigenvalue weighted by molar-refractivity contribution is -0.134. The number of hydrogen-bond donors (Lipinski definition) is 1. The van der Waals surface area contributed by atoms with Crippen molar-refractivity contribution in [2.45, 2.75) is 76.9 Å². The first-order valence-electron chi connectivity index (χ1n) is 10.2. The predicted molar refractivity (Wildman–Crippen MR) is 100 cm³/mol. The van der Waals surface area contributed by atoms with Gasteiger partial charge in [-0.1, -0.05) is 6.42 Å². The summed E-state index contributed by atoms with van der Waals surface area (Å²) in [5, 5.41) is 11.4. The van der Waals surface area contributed by atoms with E-state index in [1.54, 1.807) is 13.8 Å². The van der Waals surface area contributed by atoms with Gasteiger partial charge in [0.15, 0.2) is 5.82 Å². The van der Waals surface area contributed by atoms with Crippen LogP contribution in [-0.4, -0.2) is 61.0 Å². The summed E-state index contributed by atoms with van der Waals surface area (Å²) in [6.45, 7) is 5.03. The van der Waals surface area contributed by atoms with Crippen LogP contribution in [0.4, 0.5) is 4.79 Å². The van der Waals surface area contributed by atoms with Gasteiger partial charge in [-0.25, -0.2) is 4.79 Å². The molecule has 0 bridgehead atoms. The van der Waals surface area contributed by atoms with Crippen molar-refractivity contribution in [3.05, 3.63) is 11.6 Å². The van der Waals surface area contributed by atoms with Gasteiger partial charge in [-0.2, -0.15) is 0 Å². The summed E-state index contributed by atoms with van der Waals surface area (Å²) in [6.07, 6.45) is 6.31. The fourth-order valence-corrected chi connectivity index (χ4v) is 4.46. The van der Waals surface area contributed by atoms with Crippen LogP contribution >= 0.6 is 0 Å². The van der Waals surface area contributed by atoms with Gasteiger partial charge in [0.05, 0.1) is 6.04 Å². The molecule has 3 aliphatic rings. The van der Waals surface area contributed by atoms with Crippen molar-refractivity contribution in [1.29, 1.82) is 0 Å². The summed E-state index contributed by atoms with van der Waals surface area (Å²) in [5.41, 5.74) is -0.907. The minimum absolute atomic E-state index is 0.0428. The van der Waals surface area contributed by atoms with Crippen molar-refractivity contribution in [2.75, 3.05) is 13.1 Å². The number of carbonyl (C=O) groups excluding carboxylic acids is 3. The van der Waals surface area contributed by atoms with Crippen molar-refractivity contribution >= 4 is 17.8 Å². The minimum Gasteiger partial charge on any atom is -0.332 e. The van der Waals surface area contributed by atoms with Crippen molar-refractivity contribution in [3.8, 4) is 0 Å². The highest BCUT2D eigenvalue weighted by atomic mass is 16.2. The van der Waals surface area contributed by atoms with E-state index in [0.29, 0.717) is 6.54 Å². The van der Waals surface area contributed by atoms with E-state index in [-0.39, 0.29) is 30.8 Å². The molecule has 0 aliphatic carbocycles. The molecule has 4 heterocycles. The Morgan fingerprint density at radius 2 is 1.96 bits per heavy atom. The lowest BCUT2D eigenvalue weighted by Gasteiger charge is -2.25. The third-order valence-corrected chi connectivity index (χ3v) is 6.00. The molecule has 1 aromatic heterocycles. The zero-order chi connectivity index (χ0) is 19.9. The summed E-state index contributed by atoms with van der Waals surface area (Å²) in [7, 11) is 0. The van der Waals surface area contributed by atoms with Gasteiger partial charge in [-0.3, -0.25) is 14.5 Å². The number of hydrogen-bond acceptors (Lipinski definition) is 5. The number of likely N-dealkylation sites (tertiary alicyclic amines) is 1. The first kappa shape index (κ1) is 18.9. The molecule has 0 radical (unpaired) electrons. The van der Waals surface area contributed by atoms with E-state index in [9.17, 15) is 14.4 Å². The molecule has 28 heavy (non-hydrogen) atoms. The molecular formula is C19H28N6O3. The SMILES string of the molecule is CC1(C)NC(=O)N(CCC(=O)N2CCC[C@@H]2c2nnc3n2CCCCC3)C1=O. The van der Waals surface area contributed by atoms with Crippen LogP contribution < -0.4 is 5.32 Å². The number of nitrogens with one attached hydrogen (secondary N) is 1. The topological polar surface area (TPSA) is 100 Å². The average Bonchev–Trinajstić information content (AvgIpc) is 3.27. The Bertz CT molecular complexity index is 802. The smallest absolute Gasteiger partial charge is 0.325 e. The number of aromatic nitrogens is 3. The molecular weight excluding hydrogens is 360 g/mol. The normalized spacial score (nSPS) is 24.3. The Labute approximate surface area is 164 Å². The fourth-order valence-electron chi connectivity index (χ4n) is 4.46. The lowest BCUT2D eigenvalue weighted by Crippen LogP contribution is -2.41. The Hall–Kier alpha value is -2.45. The van der Waals surface area contributed by atoms with Crippen LogP contribution in [0.2, 0.25) is 0 Å². The van der Waals surface area contributed by atoms with Crippen molar-refractivity contribution in [3.63, 3.8) is 0 Å². The minimum atomic E-state index is -0.907. The Kier molecular flexibility index (Phi) is 4.84. The van der Waals surface area contributed by atoms with Gasteiger partial charge in [0, 0.05) is 32.5 Å². The molecule has 9 heteroatoms. The average molecular weight is 388 g/mol. The van der Waals surface area contributed by atoms with Gasteiger partial charge in [0.1, 0.15) is 11.4 Å². The van der Waals surface area contributed by atoms with Crippen LogP contribution in [0.15, 0.2) is 0 Å². The van der Waals surface area contributed by atoms with Gasteiger partial charge in [0.2, 0.25) is 5.91 Å². The standard InChI is InChI=1S/C19H28N6O3/c1-19(2)17(27)25(18(28)20-19)12-9-15(26)23-11-6-7-13(23)16-22-21-14-8-4-3-5-10-24(14)16/h13H,3-12H2,1-2H3,(H,20,28)/t13-/m1/s1. The summed E-state index contributed by atoms with van der Waals surface area (Å²) in [4.78, 5) is 40.3. The molecule has 0 unspecified atom stereocenters. The number of aryl methyl sites for hydroxylation is 1. The maximum atomic E-state index is 12.9. The maximum Gasteiger partial charge on any atom is 0.325 e. The molecule has 4 rings (SSSR count). The molecule has 3 aliphatic heterocycles. The van der Waals surface area contributed by atoms with Crippen LogP contribution in [0.3, 0.4) is 0 Å². The molecule has 9 nitrogen and oxygen atoms in total. The second-order valence-corrected chi connectivity index (χ2v) is 8.44. The quantitative estimate of drug-likeness (QED) is 0.786. The number of urea groups is 1. The number of carbonyl (C=O) groups is 3. The van der Waals surface area contributed by atoms with Gasteiger partial charge in [0.25, 0.3) is 5.91 Å². The first-order valence-corrected chi connectivity index (χ1v) is 10.2. The summed E-state index contributed by atoms with van der Waals surface area (Å²) in [5.74, 6) is 1.58. The van der Waals surface area contributed by atoms with Gasteiger partial charge >= 0.3 is 6.03 Å². The predicted octanol–water partition coefficient (Wildman–Crippen LogP) is 1.39. The number of rotatable bonds is 4. The number of amides is 4. The highest BCUT2D eigenvalue weighted by molar-refractivity contribution is 6.06. The highest BCUT2D eigenvalue weighted by Gasteiger charge is 2.44. The molecule has 152 valence electrons. The molecule has 1 N–H and O–H groups in total. The van der Waals surface area contributed by atoms with Crippen LogP contribution in [0, 0.1) is 0 Å². The van der Waals surface area contributed by atoms with Crippen molar-refractivity contribution < 1.29 is 14.4 Å². The molecule has 1 atom stereocenters. The van der Waals surface area contributed by atoms with Gasteiger partial charge in [-0.05, 0) is 39.5 Å². The van der Waals surface area contributed by atoms with Crippen molar-refractivity contribution in [2.24, 2.45) is 0 Å². The third kappa shape index (κ3) is 3.27. The molecule has 0 saturated carbocycles. The van der Waals surface area contributed by atoms with Gasteiger partial charge in [-0.15, -0.1) is 10.2 Å². The summed E-state index contributed by atoms with van der Waals surface area (Å²) in [6, 6.07) is -0.491. The van der Waals surface area contributed by atoms with Gasteiger partial charge < -0.3 is 14.8 Å². The van der Waals surface area contributed by atoms with Crippen LogP contribution in [-0.2, 0) is 22.6 Å². The van der Waals surface area contributed by atoms with E-state index in [0.717, 1.165) is 55.2 Å². The van der Waals surface area contributed by atoms with E-state index in [1.165, 1.54) is 6.42 Å². The maximum absolute atomic E-state index is 12.9. The van der Waals surface area contributed by atoms with Crippen molar-refractivity contribution in [1.82, 2.24) is 29.9 Å². The van der Waals surface area contributed by atoms with E-state index in [1.807, 2.05) is 4.90 Å². The summed E-state index contributed by atoms with van der Waals surface area (Å²) >= 11 is 0. The van der Waals surface area contributed by atoms with E-state index in [4.69, 9.17) is 0 Å². The molecule has 1 aromatic rings. The Morgan fingerprint density at radius 1 is 1.14 bits per heavy atom. The fraction of sp³-hybridized carbons (Fsp3) is 0.737. The number of nitrogens with zero attached hydrogens (tertiary/aromatic N) is 5. The molecule has 2 saturated heterocycles.